The molecule has 0 radical (unpaired) electrons. The van der Waals surface area contributed by atoms with Crippen molar-refractivity contribution >= 4 is 23.5 Å². The second-order valence-corrected chi connectivity index (χ2v) is 6.92. The monoisotopic (exact) mass is 341 g/mol. The molecular weight excluding hydrogens is 326 g/mol. The molecular formula is C19H16ClNO3. The Labute approximate surface area is 144 Å². The van der Waals surface area contributed by atoms with Crippen LogP contribution in [0.25, 0.3) is 0 Å². The van der Waals surface area contributed by atoms with Gasteiger partial charge in [-0.2, -0.15) is 0 Å². The van der Waals surface area contributed by atoms with E-state index < -0.39 is 5.97 Å². The van der Waals surface area contributed by atoms with Crippen LogP contribution in [0.1, 0.15) is 33.0 Å². The van der Waals surface area contributed by atoms with Crippen LogP contribution in [0.3, 0.4) is 0 Å². The van der Waals surface area contributed by atoms with Crippen molar-refractivity contribution in [2.45, 2.75) is 18.9 Å². The topological polar surface area (TPSA) is 66.4 Å². The fourth-order valence-corrected chi connectivity index (χ4v) is 4.01. The lowest BCUT2D eigenvalue weighted by Crippen LogP contribution is -2.26. The van der Waals surface area contributed by atoms with Gasteiger partial charge in [-0.15, -0.1) is 0 Å². The molecule has 4 nitrogen and oxygen atoms in total. The Hall–Kier alpha value is -2.33. The number of hydrogen-bond donors (Lipinski definition) is 2. The lowest BCUT2D eigenvalue weighted by Gasteiger charge is -2.09. The molecule has 5 heteroatoms. The van der Waals surface area contributed by atoms with E-state index >= 15 is 0 Å². The van der Waals surface area contributed by atoms with Gasteiger partial charge in [-0.05, 0) is 59.2 Å². The van der Waals surface area contributed by atoms with E-state index in [1.807, 2.05) is 18.2 Å². The Morgan fingerprint density at radius 1 is 1.17 bits per heavy atom. The average Bonchev–Trinajstić information content (AvgIpc) is 3.15. The van der Waals surface area contributed by atoms with Crippen LogP contribution in [0, 0.1) is 11.8 Å². The molecule has 2 aromatic carbocycles. The van der Waals surface area contributed by atoms with Gasteiger partial charge in [-0.25, -0.2) is 4.79 Å². The summed E-state index contributed by atoms with van der Waals surface area (Å²) in [5.74, 6) is -0.0976. The van der Waals surface area contributed by atoms with E-state index in [1.165, 1.54) is 11.1 Å². The van der Waals surface area contributed by atoms with Gasteiger partial charge in [0.1, 0.15) is 0 Å². The first-order valence-corrected chi connectivity index (χ1v) is 8.30. The Bertz CT molecular complexity index is 831. The Morgan fingerprint density at radius 2 is 1.92 bits per heavy atom. The summed E-state index contributed by atoms with van der Waals surface area (Å²) >= 11 is 6.02. The smallest absolute Gasteiger partial charge is 0.335 e. The number of fused-ring (bicyclic) bond motifs is 3. The number of nitrogens with one attached hydrogen (secondary N) is 1. The zero-order valence-corrected chi connectivity index (χ0v) is 13.6. The molecule has 24 heavy (non-hydrogen) atoms. The fraction of sp³-hybridized carbons (Fsp3) is 0.263. The molecule has 2 aliphatic rings. The van der Waals surface area contributed by atoms with Crippen molar-refractivity contribution < 1.29 is 14.7 Å². The number of hydrogen-bond acceptors (Lipinski definition) is 2. The molecule has 3 unspecified atom stereocenters. The second kappa shape index (κ2) is 5.64. The average molecular weight is 342 g/mol. The highest BCUT2D eigenvalue weighted by molar-refractivity contribution is 6.30. The van der Waals surface area contributed by atoms with Crippen LogP contribution in [0.4, 0.5) is 0 Å². The van der Waals surface area contributed by atoms with Crippen LogP contribution in [0.2, 0.25) is 5.02 Å². The lowest BCUT2D eigenvalue weighted by molar-refractivity contribution is -0.122. The summed E-state index contributed by atoms with van der Waals surface area (Å²) in [7, 11) is 0. The molecule has 2 aliphatic carbocycles. The summed E-state index contributed by atoms with van der Waals surface area (Å²) in [6.45, 7) is 0.419. The molecule has 0 spiro atoms. The van der Waals surface area contributed by atoms with Crippen LogP contribution in [0.5, 0.6) is 0 Å². The van der Waals surface area contributed by atoms with Gasteiger partial charge in [0.25, 0.3) is 0 Å². The van der Waals surface area contributed by atoms with Crippen LogP contribution in [-0.2, 0) is 17.8 Å². The minimum Gasteiger partial charge on any atom is -0.478 e. The van der Waals surface area contributed by atoms with Gasteiger partial charge < -0.3 is 10.4 Å². The van der Waals surface area contributed by atoms with Gasteiger partial charge in [-0.1, -0.05) is 29.8 Å². The first kappa shape index (κ1) is 15.2. The lowest BCUT2D eigenvalue weighted by atomic mass is 10.0. The van der Waals surface area contributed by atoms with Gasteiger partial charge in [0.05, 0.1) is 5.56 Å². The third-order valence-corrected chi connectivity index (χ3v) is 5.29. The van der Waals surface area contributed by atoms with Crippen LogP contribution < -0.4 is 5.32 Å². The summed E-state index contributed by atoms with van der Waals surface area (Å²) in [4.78, 5) is 23.2. The van der Waals surface area contributed by atoms with Gasteiger partial charge in [0.2, 0.25) is 5.91 Å². The summed E-state index contributed by atoms with van der Waals surface area (Å²) in [5.41, 5.74) is 3.67. The molecule has 2 aromatic rings. The zero-order chi connectivity index (χ0) is 16.8. The van der Waals surface area contributed by atoms with Crippen molar-refractivity contribution in [3.8, 4) is 0 Å². The Morgan fingerprint density at radius 3 is 2.62 bits per heavy atom. The normalized spacial score (nSPS) is 23.3. The van der Waals surface area contributed by atoms with Gasteiger partial charge >= 0.3 is 5.97 Å². The molecule has 122 valence electrons. The van der Waals surface area contributed by atoms with E-state index in [0.717, 1.165) is 17.0 Å². The molecule has 0 heterocycles. The van der Waals surface area contributed by atoms with Crippen molar-refractivity contribution in [1.82, 2.24) is 5.32 Å². The maximum absolute atomic E-state index is 12.4. The Kier molecular flexibility index (Phi) is 3.57. The molecule has 0 saturated heterocycles. The highest BCUT2D eigenvalue weighted by atomic mass is 35.5. The number of amides is 1. The molecule has 4 rings (SSSR count). The fourth-order valence-electron chi connectivity index (χ4n) is 3.81. The molecule has 0 aromatic heterocycles. The minimum atomic E-state index is -0.949. The predicted octanol–water partition coefficient (Wildman–Crippen LogP) is 3.24. The SMILES string of the molecule is O=C(O)c1ccc(CNC(=O)C2C3Cc4cc(Cl)ccc4C32)cc1. The largest absolute Gasteiger partial charge is 0.478 e. The summed E-state index contributed by atoms with van der Waals surface area (Å²) in [6.07, 6.45) is 0.923. The molecule has 0 aliphatic heterocycles. The van der Waals surface area contributed by atoms with Crippen molar-refractivity contribution in [1.29, 1.82) is 0 Å². The number of carbonyl (C=O) groups is 2. The third-order valence-electron chi connectivity index (χ3n) is 5.06. The van der Waals surface area contributed by atoms with Crippen LogP contribution >= 0.6 is 11.6 Å². The number of rotatable bonds is 4. The molecule has 3 atom stereocenters. The molecule has 0 bridgehead atoms. The van der Waals surface area contributed by atoms with Gasteiger partial charge in [0.15, 0.2) is 0 Å². The molecule has 2 N–H and O–H groups in total. The number of halogens is 1. The molecule has 1 saturated carbocycles. The highest BCUT2D eigenvalue weighted by Gasteiger charge is 2.59. The second-order valence-electron chi connectivity index (χ2n) is 6.48. The summed E-state index contributed by atoms with van der Waals surface area (Å²) in [6, 6.07) is 12.5. The van der Waals surface area contributed by atoms with Crippen LogP contribution in [0.15, 0.2) is 42.5 Å². The number of carbonyl (C=O) groups excluding carboxylic acids is 1. The van der Waals surface area contributed by atoms with E-state index in [4.69, 9.17) is 16.7 Å². The van der Waals surface area contributed by atoms with E-state index in [-0.39, 0.29) is 17.4 Å². The number of benzene rings is 2. The number of carboxylic acids is 1. The van der Waals surface area contributed by atoms with Gasteiger partial charge in [-0.3, -0.25) is 4.79 Å². The highest BCUT2D eigenvalue weighted by Crippen LogP contribution is 2.61. The quantitative estimate of drug-likeness (QED) is 0.897. The zero-order valence-electron chi connectivity index (χ0n) is 12.8. The third kappa shape index (κ3) is 2.57. The van der Waals surface area contributed by atoms with E-state index in [0.29, 0.717) is 18.4 Å². The standard InChI is InChI=1S/C19H16ClNO3/c20-13-5-6-14-12(7-13)8-15-16(14)17(15)18(22)21-9-10-1-3-11(4-2-10)19(23)24/h1-7,15-17H,8-9H2,(H,21,22)(H,23,24). The first-order valence-electron chi connectivity index (χ1n) is 7.93. The van der Waals surface area contributed by atoms with E-state index in [9.17, 15) is 9.59 Å². The Balaban J connectivity index is 1.37. The summed E-state index contributed by atoms with van der Waals surface area (Å²) < 4.78 is 0. The molecule has 1 fully saturated rings. The van der Waals surface area contributed by atoms with Crippen molar-refractivity contribution in [2.24, 2.45) is 11.8 Å². The maximum Gasteiger partial charge on any atom is 0.335 e. The molecule has 1 amide bonds. The minimum absolute atomic E-state index is 0.0527. The van der Waals surface area contributed by atoms with Crippen molar-refractivity contribution in [3.63, 3.8) is 0 Å². The maximum atomic E-state index is 12.4. The van der Waals surface area contributed by atoms with Crippen molar-refractivity contribution in [3.05, 3.63) is 69.7 Å². The predicted molar refractivity (Wildman–Crippen MR) is 90.1 cm³/mol. The summed E-state index contributed by atoms with van der Waals surface area (Å²) in [5, 5.41) is 12.6. The van der Waals surface area contributed by atoms with Gasteiger partial charge in [0, 0.05) is 17.5 Å². The van der Waals surface area contributed by atoms with E-state index in [2.05, 4.69) is 5.32 Å². The number of aromatic carboxylic acids is 1. The van der Waals surface area contributed by atoms with Crippen molar-refractivity contribution in [2.75, 3.05) is 0 Å². The van der Waals surface area contributed by atoms with E-state index in [1.54, 1.807) is 24.3 Å². The number of carboxylic acid groups (broad SMARTS) is 1. The van der Waals surface area contributed by atoms with Crippen LogP contribution in [-0.4, -0.2) is 17.0 Å². The first-order chi connectivity index (χ1) is 11.5.